The molecule has 0 aromatic carbocycles. The minimum Gasteiger partial charge on any atom is -0.315 e. The Labute approximate surface area is 139 Å². The van der Waals surface area contributed by atoms with E-state index in [4.69, 9.17) is 5.84 Å². The lowest BCUT2D eigenvalue weighted by Crippen LogP contribution is -2.29. The summed E-state index contributed by atoms with van der Waals surface area (Å²) in [7, 11) is 0. The molecule has 0 bridgehead atoms. The second kappa shape index (κ2) is 14.1. The van der Waals surface area contributed by atoms with Crippen molar-refractivity contribution < 1.29 is 0 Å². The largest absolute Gasteiger partial charge is 0.315 e. The van der Waals surface area contributed by atoms with E-state index in [2.05, 4.69) is 13.0 Å². The Morgan fingerprint density at radius 2 is 1.41 bits per heavy atom. The van der Waals surface area contributed by atoms with Crippen LogP contribution in [0, 0.1) is 0 Å². The highest BCUT2D eigenvalue weighted by Crippen LogP contribution is 2.18. The second-order valence-electron chi connectivity index (χ2n) is 7.02. The van der Waals surface area contributed by atoms with Crippen LogP contribution in [-0.2, 0) is 0 Å². The normalized spacial score (nSPS) is 17.9. The molecule has 1 rings (SSSR count). The van der Waals surface area contributed by atoms with Crippen molar-refractivity contribution in [1.82, 2.24) is 5.01 Å². The van der Waals surface area contributed by atoms with Gasteiger partial charge in [0.05, 0.1) is 0 Å². The third kappa shape index (κ3) is 10.3. The van der Waals surface area contributed by atoms with Gasteiger partial charge in [-0.25, -0.2) is 5.84 Å². The van der Waals surface area contributed by atoms with Gasteiger partial charge < -0.3 is 5.01 Å². The molecule has 1 fully saturated rings. The van der Waals surface area contributed by atoms with Gasteiger partial charge >= 0.3 is 0 Å². The van der Waals surface area contributed by atoms with Crippen molar-refractivity contribution >= 4 is 0 Å². The number of hydrazine groups is 1. The van der Waals surface area contributed by atoms with E-state index in [1.54, 1.807) is 0 Å². The van der Waals surface area contributed by atoms with Crippen LogP contribution in [-0.4, -0.2) is 11.6 Å². The van der Waals surface area contributed by atoms with Gasteiger partial charge in [0.15, 0.2) is 0 Å². The van der Waals surface area contributed by atoms with Crippen LogP contribution in [0.25, 0.3) is 0 Å². The van der Waals surface area contributed by atoms with Crippen LogP contribution in [0.4, 0.5) is 0 Å². The van der Waals surface area contributed by atoms with Gasteiger partial charge in [-0.05, 0) is 32.1 Å². The lowest BCUT2D eigenvalue weighted by atomic mass is 10.0. The summed E-state index contributed by atoms with van der Waals surface area (Å²) < 4.78 is 0. The van der Waals surface area contributed by atoms with Crippen LogP contribution >= 0.6 is 0 Å². The highest BCUT2D eigenvalue weighted by molar-refractivity contribution is 5.00. The van der Waals surface area contributed by atoms with Gasteiger partial charge in [0.1, 0.15) is 0 Å². The number of hydrogen-bond donors (Lipinski definition) is 1. The molecule has 0 atom stereocenters. The van der Waals surface area contributed by atoms with Crippen molar-refractivity contribution in [2.75, 3.05) is 6.54 Å². The molecule has 130 valence electrons. The van der Waals surface area contributed by atoms with E-state index in [1.807, 2.05) is 5.01 Å². The molecule has 0 unspecified atom stereocenters. The van der Waals surface area contributed by atoms with Crippen molar-refractivity contribution in [3.8, 4) is 0 Å². The van der Waals surface area contributed by atoms with E-state index in [0.717, 1.165) is 6.54 Å². The number of unbranched alkanes of at least 4 members (excludes halogenated alkanes) is 11. The first-order chi connectivity index (χ1) is 10.8. The maximum absolute atomic E-state index is 6.08. The molecule has 0 saturated carbocycles. The maximum atomic E-state index is 6.08. The number of allylic oxidation sites excluding steroid dienone is 2. The molecule has 2 heteroatoms. The summed E-state index contributed by atoms with van der Waals surface area (Å²) in [6.07, 6.45) is 24.4. The lowest BCUT2D eigenvalue weighted by Gasteiger charge is -2.19. The van der Waals surface area contributed by atoms with E-state index in [-0.39, 0.29) is 0 Å². The lowest BCUT2D eigenvalue weighted by molar-refractivity contribution is 0.357. The summed E-state index contributed by atoms with van der Waals surface area (Å²) in [5, 5.41) is 1.99. The Kier molecular flexibility index (Phi) is 12.5. The van der Waals surface area contributed by atoms with E-state index in [1.165, 1.54) is 108 Å². The Balaban J connectivity index is 1.88. The monoisotopic (exact) mass is 308 g/mol. The number of nitrogens with zero attached hydrogens (tertiary/aromatic N) is 1. The van der Waals surface area contributed by atoms with Crippen LogP contribution in [0.5, 0.6) is 0 Å². The molecule has 1 aliphatic rings. The minimum absolute atomic E-state index is 1.05. The fourth-order valence-electron chi connectivity index (χ4n) is 3.35. The minimum atomic E-state index is 1.05. The van der Waals surface area contributed by atoms with E-state index >= 15 is 0 Å². The molecule has 0 aromatic heterocycles. The Bertz CT molecular complexity index is 273. The number of nitrogens with two attached hydrogens (primary N) is 1. The topological polar surface area (TPSA) is 29.3 Å². The van der Waals surface area contributed by atoms with Crippen molar-refractivity contribution in [3.63, 3.8) is 0 Å². The quantitative estimate of drug-likeness (QED) is 0.337. The highest BCUT2D eigenvalue weighted by atomic mass is 15.4. The summed E-state index contributed by atoms with van der Waals surface area (Å²) in [5.74, 6) is 6.08. The molecule has 2 N–H and O–H groups in total. The molecule has 2 nitrogen and oxygen atoms in total. The summed E-state index contributed by atoms with van der Waals surface area (Å²) in [4.78, 5) is 0. The van der Waals surface area contributed by atoms with E-state index in [9.17, 15) is 0 Å². The number of rotatable bonds is 12. The summed E-state index contributed by atoms with van der Waals surface area (Å²) >= 11 is 0. The smallest absolute Gasteiger partial charge is 0.0338 e. The second-order valence-corrected chi connectivity index (χ2v) is 7.02. The van der Waals surface area contributed by atoms with Crippen molar-refractivity contribution in [2.45, 2.75) is 110 Å². The molecule has 0 amide bonds. The first-order valence-corrected chi connectivity index (χ1v) is 10.1. The molecular formula is C20H40N2. The summed E-state index contributed by atoms with van der Waals surface area (Å²) in [6.45, 7) is 3.33. The van der Waals surface area contributed by atoms with Crippen LogP contribution in [0.2, 0.25) is 0 Å². The maximum Gasteiger partial charge on any atom is 0.0338 e. The number of hydrogen-bond acceptors (Lipinski definition) is 2. The SMILES string of the molecule is CCCCCCCCCCCCCC=C1CCCCCN1N. The molecule has 0 radical (unpaired) electrons. The third-order valence-corrected chi connectivity index (χ3v) is 4.89. The van der Waals surface area contributed by atoms with Crippen molar-refractivity contribution in [2.24, 2.45) is 5.84 Å². The Morgan fingerprint density at radius 3 is 2.05 bits per heavy atom. The van der Waals surface area contributed by atoms with E-state index < -0.39 is 0 Å². The van der Waals surface area contributed by atoms with Crippen LogP contribution in [0.15, 0.2) is 11.8 Å². The third-order valence-electron chi connectivity index (χ3n) is 4.89. The predicted octanol–water partition coefficient (Wildman–Crippen LogP) is 6.32. The zero-order valence-electron chi connectivity index (χ0n) is 15.1. The predicted molar refractivity (Wildman–Crippen MR) is 98.5 cm³/mol. The molecule has 22 heavy (non-hydrogen) atoms. The average Bonchev–Trinajstić information content (AvgIpc) is 2.73. The van der Waals surface area contributed by atoms with Crippen LogP contribution < -0.4 is 5.84 Å². The zero-order chi connectivity index (χ0) is 15.9. The first kappa shape index (κ1) is 19.5. The highest BCUT2D eigenvalue weighted by Gasteiger charge is 2.08. The van der Waals surface area contributed by atoms with Gasteiger partial charge in [0.25, 0.3) is 0 Å². The van der Waals surface area contributed by atoms with Crippen molar-refractivity contribution in [3.05, 3.63) is 11.8 Å². The summed E-state index contributed by atoms with van der Waals surface area (Å²) in [5.41, 5.74) is 1.39. The van der Waals surface area contributed by atoms with Crippen molar-refractivity contribution in [1.29, 1.82) is 0 Å². The van der Waals surface area contributed by atoms with Gasteiger partial charge in [0.2, 0.25) is 0 Å². The Hall–Kier alpha value is -0.500. The molecular weight excluding hydrogens is 268 g/mol. The molecule has 1 aliphatic heterocycles. The van der Waals surface area contributed by atoms with E-state index in [0.29, 0.717) is 0 Å². The van der Waals surface area contributed by atoms with Crippen LogP contribution in [0.1, 0.15) is 110 Å². The van der Waals surface area contributed by atoms with Gasteiger partial charge in [-0.2, -0.15) is 0 Å². The van der Waals surface area contributed by atoms with Gasteiger partial charge in [-0.1, -0.05) is 83.6 Å². The summed E-state index contributed by atoms with van der Waals surface area (Å²) in [6, 6.07) is 0. The van der Waals surface area contributed by atoms with Gasteiger partial charge in [-0.15, -0.1) is 0 Å². The van der Waals surface area contributed by atoms with Gasteiger partial charge in [-0.3, -0.25) is 0 Å². The Morgan fingerprint density at radius 1 is 0.818 bits per heavy atom. The average molecular weight is 309 g/mol. The molecule has 0 spiro atoms. The van der Waals surface area contributed by atoms with Crippen LogP contribution in [0.3, 0.4) is 0 Å². The molecule has 0 aliphatic carbocycles. The first-order valence-electron chi connectivity index (χ1n) is 10.1. The molecule has 1 saturated heterocycles. The fraction of sp³-hybridized carbons (Fsp3) is 0.900. The van der Waals surface area contributed by atoms with Gasteiger partial charge in [0, 0.05) is 12.2 Å². The zero-order valence-corrected chi connectivity index (χ0v) is 15.1. The molecule has 0 aromatic rings. The fourth-order valence-corrected chi connectivity index (χ4v) is 3.35. The molecule has 1 heterocycles. The standard InChI is InChI=1S/C20H40N2/c1-2-3-4-5-6-7-8-9-10-11-12-14-17-20-18-15-13-16-19-22(20)21/h17H,2-16,18-19,21H2,1H3.